The molecular formula is C20H23F2NOS. The van der Waals surface area contributed by atoms with Crippen LogP contribution in [0.15, 0.2) is 30.3 Å². The lowest BCUT2D eigenvalue weighted by Gasteiger charge is -2.20. The van der Waals surface area contributed by atoms with E-state index in [2.05, 4.69) is 11.8 Å². The van der Waals surface area contributed by atoms with Gasteiger partial charge in [0.1, 0.15) is 0 Å². The second-order valence-corrected chi connectivity index (χ2v) is 7.65. The van der Waals surface area contributed by atoms with Crippen LogP contribution in [-0.4, -0.2) is 17.3 Å². The quantitative estimate of drug-likeness (QED) is 0.576. The molecule has 0 spiro atoms. The first-order valence-electron chi connectivity index (χ1n) is 8.31. The fourth-order valence-corrected chi connectivity index (χ4v) is 3.17. The zero-order valence-corrected chi connectivity index (χ0v) is 15.1. The summed E-state index contributed by atoms with van der Waals surface area (Å²) >= 11 is 1.64. The third kappa shape index (κ3) is 6.58. The van der Waals surface area contributed by atoms with Gasteiger partial charge in [-0.2, -0.15) is 0 Å². The lowest BCUT2D eigenvalue weighted by molar-refractivity contribution is 0.201. The van der Waals surface area contributed by atoms with Crippen molar-refractivity contribution < 1.29 is 13.9 Å². The summed E-state index contributed by atoms with van der Waals surface area (Å²) in [5.74, 6) is 4.64. The molecule has 2 rings (SSSR count). The molecule has 0 bridgehead atoms. The number of aryl methyl sites for hydroxylation is 2. The summed E-state index contributed by atoms with van der Waals surface area (Å²) in [7, 11) is 0. The third-order valence-corrected chi connectivity index (χ3v) is 4.99. The van der Waals surface area contributed by atoms with Gasteiger partial charge in [-0.1, -0.05) is 17.9 Å². The molecule has 0 saturated heterocycles. The van der Waals surface area contributed by atoms with Crippen molar-refractivity contribution in [3.05, 3.63) is 57.3 Å². The fraction of sp³-hybridized carbons (Fsp3) is 0.400. The van der Waals surface area contributed by atoms with E-state index < -0.39 is 17.2 Å². The van der Waals surface area contributed by atoms with Crippen molar-refractivity contribution in [2.45, 2.75) is 44.6 Å². The van der Waals surface area contributed by atoms with Crippen LogP contribution >= 0.6 is 11.3 Å². The molecule has 2 aromatic rings. The van der Waals surface area contributed by atoms with E-state index in [9.17, 15) is 13.9 Å². The largest absolute Gasteiger partial charge is 0.394 e. The van der Waals surface area contributed by atoms with Gasteiger partial charge in [0, 0.05) is 16.8 Å². The summed E-state index contributed by atoms with van der Waals surface area (Å²) in [6.45, 7) is 1.82. The van der Waals surface area contributed by atoms with E-state index in [0.717, 1.165) is 35.8 Å². The minimum absolute atomic E-state index is 0.0248. The van der Waals surface area contributed by atoms with Crippen LogP contribution in [0.5, 0.6) is 0 Å². The van der Waals surface area contributed by atoms with E-state index in [1.807, 2.05) is 19.1 Å². The zero-order chi connectivity index (χ0) is 18.3. The maximum Gasteiger partial charge on any atom is 0.159 e. The van der Waals surface area contributed by atoms with Crippen LogP contribution in [0.4, 0.5) is 8.78 Å². The molecule has 1 heterocycles. The van der Waals surface area contributed by atoms with Crippen molar-refractivity contribution in [1.82, 2.24) is 0 Å². The molecule has 1 aromatic heterocycles. The lowest BCUT2D eigenvalue weighted by atomic mass is 9.98. The molecule has 1 unspecified atom stereocenters. The molecule has 2 nitrogen and oxygen atoms in total. The van der Waals surface area contributed by atoms with Crippen LogP contribution in [0.2, 0.25) is 0 Å². The molecular weight excluding hydrogens is 340 g/mol. The van der Waals surface area contributed by atoms with Crippen molar-refractivity contribution in [2.24, 2.45) is 5.73 Å². The van der Waals surface area contributed by atoms with Gasteiger partial charge in [0.25, 0.3) is 0 Å². The van der Waals surface area contributed by atoms with Gasteiger partial charge in [-0.15, -0.1) is 11.3 Å². The highest BCUT2D eigenvalue weighted by Crippen LogP contribution is 2.20. The standard InChI is InChI=1S/C20H23F2NOS/c1-20(23,14-24)12-11-17-9-8-16(25-17)6-4-2-3-5-15-7-10-18(21)19(22)13-15/h7-10,13,24H,2-3,5,11-12,14,23H2,1H3. The summed E-state index contributed by atoms with van der Waals surface area (Å²) in [6.07, 6.45) is 3.74. The van der Waals surface area contributed by atoms with Crippen LogP contribution in [0, 0.1) is 23.5 Å². The normalized spacial score (nSPS) is 13.2. The molecule has 134 valence electrons. The molecule has 1 aromatic carbocycles. The molecule has 1 atom stereocenters. The van der Waals surface area contributed by atoms with Crippen molar-refractivity contribution in [2.75, 3.05) is 6.61 Å². The Morgan fingerprint density at radius 2 is 1.96 bits per heavy atom. The predicted molar refractivity (Wildman–Crippen MR) is 98.5 cm³/mol. The number of halogens is 2. The first-order valence-corrected chi connectivity index (χ1v) is 9.12. The molecule has 25 heavy (non-hydrogen) atoms. The van der Waals surface area contributed by atoms with Gasteiger partial charge in [-0.25, -0.2) is 8.78 Å². The average molecular weight is 363 g/mol. The SMILES string of the molecule is CC(N)(CO)CCc1ccc(C#CCCCc2ccc(F)c(F)c2)s1. The van der Waals surface area contributed by atoms with Gasteiger partial charge in [-0.3, -0.25) is 0 Å². The Morgan fingerprint density at radius 1 is 1.16 bits per heavy atom. The summed E-state index contributed by atoms with van der Waals surface area (Å²) in [5.41, 5.74) is 6.17. The maximum absolute atomic E-state index is 13.1. The Hall–Kier alpha value is -1.74. The minimum Gasteiger partial charge on any atom is -0.394 e. The van der Waals surface area contributed by atoms with Gasteiger partial charge in [0.15, 0.2) is 11.6 Å². The van der Waals surface area contributed by atoms with Crippen LogP contribution in [0.3, 0.4) is 0 Å². The van der Waals surface area contributed by atoms with Crippen LogP contribution < -0.4 is 5.73 Å². The average Bonchev–Trinajstić information content (AvgIpc) is 3.04. The van der Waals surface area contributed by atoms with E-state index in [0.29, 0.717) is 12.8 Å². The number of unbranched alkanes of at least 4 members (excludes halogenated alkanes) is 1. The van der Waals surface area contributed by atoms with Gasteiger partial charge in [0.2, 0.25) is 0 Å². The molecule has 0 saturated carbocycles. The monoisotopic (exact) mass is 363 g/mol. The van der Waals surface area contributed by atoms with Crippen molar-refractivity contribution >= 4 is 11.3 Å². The zero-order valence-electron chi connectivity index (χ0n) is 14.3. The Kier molecular flexibility index (Phi) is 7.12. The van der Waals surface area contributed by atoms with E-state index in [1.54, 1.807) is 17.4 Å². The van der Waals surface area contributed by atoms with E-state index in [1.165, 1.54) is 10.9 Å². The highest BCUT2D eigenvalue weighted by molar-refractivity contribution is 7.12. The number of thiophene rings is 1. The Bertz CT molecular complexity index is 759. The highest BCUT2D eigenvalue weighted by Gasteiger charge is 2.16. The lowest BCUT2D eigenvalue weighted by Crippen LogP contribution is -2.40. The molecule has 0 aliphatic rings. The number of aliphatic hydroxyl groups is 1. The third-order valence-electron chi connectivity index (χ3n) is 3.93. The number of nitrogens with two attached hydrogens (primary N) is 1. The van der Waals surface area contributed by atoms with E-state index in [-0.39, 0.29) is 6.61 Å². The number of aliphatic hydroxyl groups excluding tert-OH is 1. The van der Waals surface area contributed by atoms with Crippen LogP contribution in [-0.2, 0) is 12.8 Å². The number of hydrogen-bond donors (Lipinski definition) is 2. The predicted octanol–water partition coefficient (Wildman–Crippen LogP) is 4.04. The minimum atomic E-state index is -0.814. The summed E-state index contributed by atoms with van der Waals surface area (Å²) in [5, 5.41) is 9.17. The number of hydrogen-bond acceptors (Lipinski definition) is 3. The Balaban J connectivity index is 1.77. The molecule has 0 amide bonds. The molecule has 0 aliphatic heterocycles. The van der Waals surface area contributed by atoms with Crippen molar-refractivity contribution in [3.8, 4) is 11.8 Å². The van der Waals surface area contributed by atoms with Crippen LogP contribution in [0.1, 0.15) is 41.5 Å². The van der Waals surface area contributed by atoms with Crippen molar-refractivity contribution in [3.63, 3.8) is 0 Å². The second kappa shape index (κ2) is 9.10. The van der Waals surface area contributed by atoms with Crippen molar-refractivity contribution in [1.29, 1.82) is 0 Å². The second-order valence-electron chi connectivity index (χ2n) is 6.48. The number of rotatable bonds is 7. The summed E-state index contributed by atoms with van der Waals surface area (Å²) in [4.78, 5) is 2.21. The van der Waals surface area contributed by atoms with Crippen LogP contribution in [0.25, 0.3) is 0 Å². The first-order chi connectivity index (χ1) is 11.9. The molecule has 3 N–H and O–H groups in total. The first kappa shape index (κ1) is 19.6. The Labute approximate surface area is 151 Å². The smallest absolute Gasteiger partial charge is 0.159 e. The van der Waals surface area contributed by atoms with Gasteiger partial charge in [-0.05, 0) is 62.4 Å². The highest BCUT2D eigenvalue weighted by atomic mass is 32.1. The fourth-order valence-electron chi connectivity index (χ4n) is 2.29. The number of benzene rings is 1. The topological polar surface area (TPSA) is 46.2 Å². The summed E-state index contributed by atoms with van der Waals surface area (Å²) in [6, 6.07) is 8.05. The molecule has 5 heteroatoms. The maximum atomic E-state index is 13.1. The Morgan fingerprint density at radius 3 is 2.68 bits per heavy atom. The van der Waals surface area contributed by atoms with E-state index >= 15 is 0 Å². The van der Waals surface area contributed by atoms with E-state index in [4.69, 9.17) is 5.73 Å². The summed E-state index contributed by atoms with van der Waals surface area (Å²) < 4.78 is 26.0. The van der Waals surface area contributed by atoms with Gasteiger partial charge < -0.3 is 10.8 Å². The molecule has 0 radical (unpaired) electrons. The van der Waals surface area contributed by atoms with Gasteiger partial charge >= 0.3 is 0 Å². The molecule has 0 aliphatic carbocycles. The molecule has 0 fully saturated rings. The van der Waals surface area contributed by atoms with Gasteiger partial charge in [0.05, 0.1) is 11.5 Å².